The zero-order valence-corrected chi connectivity index (χ0v) is 10.7. The normalized spacial score (nSPS) is 15.4. The van der Waals surface area contributed by atoms with Crippen LogP contribution in [0.15, 0.2) is 24.3 Å². The Morgan fingerprint density at radius 1 is 1.28 bits per heavy atom. The molecule has 0 spiro atoms. The van der Waals surface area contributed by atoms with Crippen molar-refractivity contribution >= 4 is 15.9 Å². The number of carbonyl (C=O) groups is 1. The summed E-state index contributed by atoms with van der Waals surface area (Å²) in [5.41, 5.74) is 2.40. The summed E-state index contributed by atoms with van der Waals surface area (Å²) in [4.78, 5) is 11.9. The Balaban J connectivity index is 1.86. The highest BCUT2D eigenvalue weighted by atomic mass is 32.2. The summed E-state index contributed by atoms with van der Waals surface area (Å²) in [7, 11) is -3.51. The second-order valence-electron chi connectivity index (χ2n) is 4.53. The van der Waals surface area contributed by atoms with Gasteiger partial charge in [0.1, 0.15) is 0 Å². The van der Waals surface area contributed by atoms with Gasteiger partial charge in [0, 0.05) is 12.5 Å². The first-order chi connectivity index (χ1) is 8.46. The van der Waals surface area contributed by atoms with Gasteiger partial charge in [0.2, 0.25) is 15.9 Å². The zero-order chi connectivity index (χ0) is 13.2. The SMILES string of the molecule is NS(=O)(=O)CCNC(=O)C1Cc2ccccc2C1. The fourth-order valence-electron chi connectivity index (χ4n) is 2.21. The van der Waals surface area contributed by atoms with Crippen molar-refractivity contribution in [2.45, 2.75) is 12.8 Å². The molecule has 1 aromatic carbocycles. The molecule has 0 atom stereocenters. The quantitative estimate of drug-likeness (QED) is 0.793. The number of carbonyl (C=O) groups excluding carboxylic acids is 1. The van der Waals surface area contributed by atoms with Crippen LogP contribution in [-0.4, -0.2) is 26.6 Å². The summed E-state index contributed by atoms with van der Waals surface area (Å²) in [6.07, 6.45) is 1.44. The van der Waals surface area contributed by atoms with Gasteiger partial charge in [0.15, 0.2) is 0 Å². The lowest BCUT2D eigenvalue weighted by Crippen LogP contribution is -2.35. The molecule has 6 heteroatoms. The number of primary sulfonamides is 1. The molecule has 0 unspecified atom stereocenters. The molecule has 0 saturated carbocycles. The lowest BCUT2D eigenvalue weighted by Gasteiger charge is -2.09. The van der Waals surface area contributed by atoms with Gasteiger partial charge in [-0.3, -0.25) is 4.79 Å². The van der Waals surface area contributed by atoms with Gasteiger partial charge in [-0.05, 0) is 24.0 Å². The molecule has 0 fully saturated rings. The van der Waals surface area contributed by atoms with Crippen molar-refractivity contribution in [2.24, 2.45) is 11.1 Å². The Bertz CT molecular complexity index is 529. The van der Waals surface area contributed by atoms with Crippen molar-refractivity contribution < 1.29 is 13.2 Å². The van der Waals surface area contributed by atoms with E-state index in [1.54, 1.807) is 0 Å². The van der Waals surface area contributed by atoms with E-state index in [4.69, 9.17) is 5.14 Å². The molecule has 1 amide bonds. The zero-order valence-electron chi connectivity index (χ0n) is 9.93. The van der Waals surface area contributed by atoms with Gasteiger partial charge < -0.3 is 5.32 Å². The van der Waals surface area contributed by atoms with E-state index in [0.717, 1.165) is 12.8 Å². The van der Waals surface area contributed by atoms with Crippen molar-refractivity contribution in [3.8, 4) is 0 Å². The fourth-order valence-corrected chi connectivity index (χ4v) is 2.59. The summed E-state index contributed by atoms with van der Waals surface area (Å²) in [5.74, 6) is -0.420. The van der Waals surface area contributed by atoms with E-state index < -0.39 is 10.0 Å². The minimum Gasteiger partial charge on any atom is -0.355 e. The van der Waals surface area contributed by atoms with Gasteiger partial charge in [-0.25, -0.2) is 13.6 Å². The van der Waals surface area contributed by atoms with Crippen LogP contribution in [0.25, 0.3) is 0 Å². The van der Waals surface area contributed by atoms with E-state index in [1.807, 2.05) is 24.3 Å². The average Bonchev–Trinajstić information content (AvgIpc) is 2.70. The largest absolute Gasteiger partial charge is 0.355 e. The van der Waals surface area contributed by atoms with E-state index >= 15 is 0 Å². The number of nitrogens with one attached hydrogen (secondary N) is 1. The van der Waals surface area contributed by atoms with Gasteiger partial charge in [-0.1, -0.05) is 24.3 Å². The van der Waals surface area contributed by atoms with Gasteiger partial charge >= 0.3 is 0 Å². The second kappa shape index (κ2) is 5.07. The van der Waals surface area contributed by atoms with E-state index in [-0.39, 0.29) is 24.1 Å². The van der Waals surface area contributed by atoms with Crippen LogP contribution in [0.1, 0.15) is 11.1 Å². The third kappa shape index (κ3) is 3.30. The molecule has 0 heterocycles. The Labute approximate surface area is 106 Å². The summed E-state index contributed by atoms with van der Waals surface area (Å²) >= 11 is 0. The number of nitrogens with two attached hydrogens (primary N) is 1. The van der Waals surface area contributed by atoms with Crippen molar-refractivity contribution in [1.82, 2.24) is 5.32 Å². The number of benzene rings is 1. The molecule has 3 N–H and O–H groups in total. The maximum absolute atomic E-state index is 11.9. The molecule has 0 aliphatic heterocycles. The highest BCUT2D eigenvalue weighted by Crippen LogP contribution is 2.26. The Morgan fingerprint density at radius 3 is 2.33 bits per heavy atom. The van der Waals surface area contributed by atoms with Crippen LogP contribution in [0.4, 0.5) is 0 Å². The predicted molar refractivity (Wildman–Crippen MR) is 68.3 cm³/mol. The number of sulfonamides is 1. The average molecular weight is 268 g/mol. The predicted octanol–water partition coefficient (Wildman–Crippen LogP) is -0.194. The molecule has 98 valence electrons. The van der Waals surface area contributed by atoms with Crippen molar-refractivity contribution in [2.75, 3.05) is 12.3 Å². The molecule has 1 aliphatic rings. The number of hydrogen-bond acceptors (Lipinski definition) is 3. The Morgan fingerprint density at radius 2 is 1.83 bits per heavy atom. The maximum Gasteiger partial charge on any atom is 0.223 e. The first-order valence-corrected chi connectivity index (χ1v) is 7.52. The Kier molecular flexibility index (Phi) is 3.68. The lowest BCUT2D eigenvalue weighted by molar-refractivity contribution is -0.124. The van der Waals surface area contributed by atoms with Gasteiger partial charge in [0.25, 0.3) is 0 Å². The molecule has 5 nitrogen and oxygen atoms in total. The van der Waals surface area contributed by atoms with E-state index in [1.165, 1.54) is 11.1 Å². The molecule has 0 radical (unpaired) electrons. The van der Waals surface area contributed by atoms with Crippen LogP contribution in [-0.2, 0) is 27.7 Å². The number of rotatable bonds is 4. The number of hydrogen-bond donors (Lipinski definition) is 2. The molecular formula is C12H16N2O3S. The molecule has 18 heavy (non-hydrogen) atoms. The van der Waals surface area contributed by atoms with Gasteiger partial charge in [-0.15, -0.1) is 0 Å². The van der Waals surface area contributed by atoms with E-state index in [0.29, 0.717) is 0 Å². The molecule has 1 aromatic rings. The van der Waals surface area contributed by atoms with Crippen LogP contribution in [0.3, 0.4) is 0 Å². The minimum atomic E-state index is -3.51. The lowest BCUT2D eigenvalue weighted by atomic mass is 10.1. The highest BCUT2D eigenvalue weighted by Gasteiger charge is 2.26. The third-order valence-electron chi connectivity index (χ3n) is 3.11. The Hall–Kier alpha value is -1.40. The van der Waals surface area contributed by atoms with Crippen LogP contribution < -0.4 is 10.5 Å². The summed E-state index contributed by atoms with van der Waals surface area (Å²) in [6.45, 7) is 0.0739. The maximum atomic E-state index is 11.9. The smallest absolute Gasteiger partial charge is 0.223 e. The molecular weight excluding hydrogens is 252 g/mol. The van der Waals surface area contributed by atoms with Gasteiger partial charge in [0.05, 0.1) is 5.75 Å². The summed E-state index contributed by atoms with van der Waals surface area (Å²) in [5, 5.41) is 7.48. The van der Waals surface area contributed by atoms with Crippen LogP contribution in [0.5, 0.6) is 0 Å². The number of amides is 1. The van der Waals surface area contributed by atoms with Crippen molar-refractivity contribution in [3.05, 3.63) is 35.4 Å². The molecule has 1 aliphatic carbocycles. The van der Waals surface area contributed by atoms with Crippen LogP contribution in [0.2, 0.25) is 0 Å². The van der Waals surface area contributed by atoms with Crippen LogP contribution in [0, 0.1) is 5.92 Å². The standard InChI is InChI=1S/C12H16N2O3S/c13-18(16,17)6-5-14-12(15)11-7-9-3-1-2-4-10(9)8-11/h1-4,11H,5-8H2,(H,14,15)(H2,13,16,17). The molecule has 0 bridgehead atoms. The summed E-state index contributed by atoms with van der Waals surface area (Å²) in [6, 6.07) is 7.96. The fraction of sp³-hybridized carbons (Fsp3) is 0.417. The van der Waals surface area contributed by atoms with Crippen molar-refractivity contribution in [1.29, 1.82) is 0 Å². The van der Waals surface area contributed by atoms with Crippen LogP contribution >= 0.6 is 0 Å². The van der Waals surface area contributed by atoms with Gasteiger partial charge in [-0.2, -0.15) is 0 Å². The van der Waals surface area contributed by atoms with E-state index in [9.17, 15) is 13.2 Å². The second-order valence-corrected chi connectivity index (χ2v) is 6.27. The monoisotopic (exact) mass is 268 g/mol. The first kappa shape index (κ1) is 13.0. The molecule has 2 rings (SSSR count). The molecule has 0 saturated heterocycles. The van der Waals surface area contributed by atoms with E-state index in [2.05, 4.69) is 5.32 Å². The topological polar surface area (TPSA) is 89.3 Å². The molecule has 0 aromatic heterocycles. The number of fused-ring (bicyclic) bond motifs is 1. The summed E-state index contributed by atoms with van der Waals surface area (Å²) < 4.78 is 21.5. The first-order valence-electron chi connectivity index (χ1n) is 5.81. The minimum absolute atomic E-state index is 0.0739. The third-order valence-corrected chi connectivity index (χ3v) is 3.88. The van der Waals surface area contributed by atoms with Crippen molar-refractivity contribution in [3.63, 3.8) is 0 Å². The highest BCUT2D eigenvalue weighted by molar-refractivity contribution is 7.89.